The van der Waals surface area contributed by atoms with Crippen molar-refractivity contribution in [2.45, 2.75) is 71.1 Å². The molecule has 1 heterocycles. The third-order valence-electron chi connectivity index (χ3n) is 6.56. The van der Waals surface area contributed by atoms with Gasteiger partial charge in [0, 0.05) is 23.5 Å². The van der Waals surface area contributed by atoms with Gasteiger partial charge < -0.3 is 37.5 Å². The third kappa shape index (κ3) is 8.04. The lowest BCUT2D eigenvalue weighted by molar-refractivity contribution is -0.142. The number of carboxylic acids is 1. The molecule has 0 spiro atoms. The molecule has 38 heavy (non-hydrogen) atoms. The number of carbonyl (C=O) groups is 5. The van der Waals surface area contributed by atoms with E-state index in [1.165, 1.54) is 0 Å². The minimum atomic E-state index is -1.45. The van der Waals surface area contributed by atoms with E-state index in [1.807, 2.05) is 38.1 Å². The smallest absolute Gasteiger partial charge is 0.326 e. The normalized spacial score (nSPS) is 15.2. The highest BCUT2D eigenvalue weighted by Gasteiger charge is 2.33. The number of aliphatic carboxylic acids is 1. The minimum Gasteiger partial charge on any atom is -0.480 e. The van der Waals surface area contributed by atoms with Crippen LogP contribution in [0, 0.1) is 11.8 Å². The molecule has 5 atom stereocenters. The molecule has 0 saturated heterocycles. The Labute approximate surface area is 221 Å². The number of nitrogens with one attached hydrogen (secondary N) is 4. The van der Waals surface area contributed by atoms with E-state index in [1.54, 1.807) is 20.0 Å². The van der Waals surface area contributed by atoms with Gasteiger partial charge >= 0.3 is 5.97 Å². The summed E-state index contributed by atoms with van der Waals surface area (Å²) in [6, 6.07) is 2.63. The van der Waals surface area contributed by atoms with Gasteiger partial charge in [0.15, 0.2) is 0 Å². The Morgan fingerprint density at radius 1 is 0.947 bits per heavy atom. The van der Waals surface area contributed by atoms with Crippen molar-refractivity contribution >= 4 is 40.5 Å². The van der Waals surface area contributed by atoms with E-state index in [2.05, 4.69) is 20.9 Å². The molecule has 2 aromatic rings. The van der Waals surface area contributed by atoms with E-state index in [9.17, 15) is 29.1 Å². The molecule has 0 fully saturated rings. The number of carboxylic acid groups (broad SMARTS) is 1. The van der Waals surface area contributed by atoms with Crippen LogP contribution < -0.4 is 27.4 Å². The standard InChI is InChI=1S/C26H38N6O6/c1-5-14(4)21(28)24(35)32-22(13(2)3)25(36)30-18(11-20(27)33)23(34)31-19(26(37)38)10-15-12-29-17-9-7-6-8-16(15)17/h6-9,12-14,18-19,21-22,29H,5,10-11,28H2,1-4H3,(H2,27,33)(H,30,36)(H,31,34)(H,32,35)(H,37,38). The van der Waals surface area contributed by atoms with E-state index in [-0.39, 0.29) is 18.3 Å². The maximum absolute atomic E-state index is 13.1. The summed E-state index contributed by atoms with van der Waals surface area (Å²) in [5.74, 6) is -4.81. The van der Waals surface area contributed by atoms with Crippen molar-refractivity contribution in [3.63, 3.8) is 0 Å². The van der Waals surface area contributed by atoms with Crippen LogP contribution in [-0.2, 0) is 30.4 Å². The molecule has 2 rings (SSSR count). The highest BCUT2D eigenvalue weighted by molar-refractivity contribution is 5.96. The fourth-order valence-electron chi connectivity index (χ4n) is 3.96. The summed E-state index contributed by atoms with van der Waals surface area (Å²) in [5.41, 5.74) is 12.8. The summed E-state index contributed by atoms with van der Waals surface area (Å²) in [5, 5.41) is 18.0. The van der Waals surface area contributed by atoms with Gasteiger partial charge in [-0.15, -0.1) is 0 Å². The third-order valence-corrected chi connectivity index (χ3v) is 6.56. The Kier molecular flexibility index (Phi) is 10.8. The van der Waals surface area contributed by atoms with Crippen LogP contribution >= 0.6 is 0 Å². The first kappa shape index (κ1) is 30.3. The number of primary amides is 1. The average Bonchev–Trinajstić information content (AvgIpc) is 3.27. The molecule has 4 amide bonds. The van der Waals surface area contributed by atoms with Crippen LogP contribution in [0.4, 0.5) is 0 Å². The van der Waals surface area contributed by atoms with Crippen LogP contribution in [0.5, 0.6) is 0 Å². The molecule has 0 aliphatic heterocycles. The van der Waals surface area contributed by atoms with Crippen molar-refractivity contribution in [3.05, 3.63) is 36.0 Å². The number of hydrogen-bond donors (Lipinski definition) is 7. The Morgan fingerprint density at radius 3 is 2.16 bits per heavy atom. The summed E-state index contributed by atoms with van der Waals surface area (Å²) >= 11 is 0. The second-order valence-corrected chi connectivity index (χ2v) is 9.84. The molecular formula is C26H38N6O6. The van der Waals surface area contributed by atoms with Crippen molar-refractivity contribution in [3.8, 4) is 0 Å². The van der Waals surface area contributed by atoms with Crippen LogP contribution in [0.15, 0.2) is 30.5 Å². The molecule has 1 aromatic heterocycles. The van der Waals surface area contributed by atoms with E-state index < -0.39 is 60.2 Å². The molecule has 1 aromatic carbocycles. The fourth-order valence-corrected chi connectivity index (χ4v) is 3.96. The molecule has 208 valence electrons. The SMILES string of the molecule is CCC(C)C(N)C(=O)NC(C(=O)NC(CC(N)=O)C(=O)NC(Cc1c[nH]c2ccccc12)C(=O)O)C(C)C. The number of nitrogens with two attached hydrogens (primary N) is 2. The summed E-state index contributed by atoms with van der Waals surface area (Å²) in [7, 11) is 0. The number of hydrogen-bond acceptors (Lipinski definition) is 6. The van der Waals surface area contributed by atoms with Gasteiger partial charge in [0.25, 0.3) is 0 Å². The fraction of sp³-hybridized carbons (Fsp3) is 0.500. The van der Waals surface area contributed by atoms with Gasteiger partial charge in [0.2, 0.25) is 23.6 Å². The van der Waals surface area contributed by atoms with Gasteiger partial charge in [0.1, 0.15) is 18.1 Å². The van der Waals surface area contributed by atoms with Gasteiger partial charge in [-0.2, -0.15) is 0 Å². The van der Waals surface area contributed by atoms with Crippen LogP contribution in [0.3, 0.4) is 0 Å². The van der Waals surface area contributed by atoms with E-state index in [4.69, 9.17) is 11.5 Å². The molecule has 0 aliphatic rings. The summed E-state index contributed by atoms with van der Waals surface area (Å²) in [4.78, 5) is 65.4. The summed E-state index contributed by atoms with van der Waals surface area (Å²) in [6.45, 7) is 7.10. The zero-order valence-corrected chi connectivity index (χ0v) is 22.1. The van der Waals surface area contributed by atoms with Gasteiger partial charge in [-0.3, -0.25) is 19.2 Å². The largest absolute Gasteiger partial charge is 0.480 e. The Hall–Kier alpha value is -3.93. The highest BCUT2D eigenvalue weighted by atomic mass is 16.4. The first-order chi connectivity index (χ1) is 17.8. The molecule has 0 saturated carbocycles. The van der Waals surface area contributed by atoms with Crippen LogP contribution in [0.25, 0.3) is 10.9 Å². The maximum Gasteiger partial charge on any atom is 0.326 e. The second-order valence-electron chi connectivity index (χ2n) is 9.84. The average molecular weight is 531 g/mol. The molecule has 12 heteroatoms. The van der Waals surface area contributed by atoms with Crippen LogP contribution in [0.2, 0.25) is 0 Å². The molecule has 5 unspecified atom stereocenters. The topological polar surface area (TPSA) is 209 Å². The van der Waals surface area contributed by atoms with Gasteiger partial charge in [-0.1, -0.05) is 52.3 Å². The quantitative estimate of drug-likeness (QED) is 0.180. The predicted octanol–water partition coefficient (Wildman–Crippen LogP) is 0.154. The molecule has 12 nitrogen and oxygen atoms in total. The lowest BCUT2D eigenvalue weighted by Gasteiger charge is -2.27. The molecular weight excluding hydrogens is 492 g/mol. The first-order valence-electron chi connectivity index (χ1n) is 12.6. The zero-order valence-electron chi connectivity index (χ0n) is 22.1. The number of para-hydroxylation sites is 1. The minimum absolute atomic E-state index is 0.0412. The molecule has 0 radical (unpaired) electrons. The number of amides is 4. The second kappa shape index (κ2) is 13.6. The van der Waals surface area contributed by atoms with Crippen LogP contribution in [-0.4, -0.2) is 63.9 Å². The Bertz CT molecular complexity index is 1160. The molecule has 0 aliphatic carbocycles. The lowest BCUT2D eigenvalue weighted by atomic mass is 9.97. The highest BCUT2D eigenvalue weighted by Crippen LogP contribution is 2.19. The molecule has 9 N–H and O–H groups in total. The monoisotopic (exact) mass is 530 g/mol. The number of fused-ring (bicyclic) bond motifs is 1. The number of benzene rings is 1. The number of aromatic nitrogens is 1. The lowest BCUT2D eigenvalue weighted by Crippen LogP contribution is -2.59. The van der Waals surface area contributed by atoms with Gasteiger partial charge in [-0.25, -0.2) is 4.79 Å². The maximum atomic E-state index is 13.1. The van der Waals surface area contributed by atoms with E-state index in [0.717, 1.165) is 10.9 Å². The number of carbonyl (C=O) groups excluding carboxylic acids is 4. The number of rotatable bonds is 14. The van der Waals surface area contributed by atoms with Gasteiger partial charge in [-0.05, 0) is 23.5 Å². The van der Waals surface area contributed by atoms with Crippen molar-refractivity contribution in [2.24, 2.45) is 23.3 Å². The van der Waals surface area contributed by atoms with Crippen molar-refractivity contribution in [1.82, 2.24) is 20.9 Å². The summed E-state index contributed by atoms with van der Waals surface area (Å²) in [6.07, 6.45) is 1.72. The zero-order chi connectivity index (χ0) is 28.6. The number of aromatic amines is 1. The summed E-state index contributed by atoms with van der Waals surface area (Å²) < 4.78 is 0. The van der Waals surface area contributed by atoms with Crippen molar-refractivity contribution < 1.29 is 29.1 Å². The Balaban J connectivity index is 2.18. The predicted molar refractivity (Wildman–Crippen MR) is 142 cm³/mol. The van der Waals surface area contributed by atoms with E-state index >= 15 is 0 Å². The number of H-pyrrole nitrogens is 1. The van der Waals surface area contributed by atoms with Crippen molar-refractivity contribution in [2.75, 3.05) is 0 Å². The molecule has 0 bridgehead atoms. The van der Waals surface area contributed by atoms with Crippen molar-refractivity contribution in [1.29, 1.82) is 0 Å². The van der Waals surface area contributed by atoms with Gasteiger partial charge in [0.05, 0.1) is 12.5 Å². The van der Waals surface area contributed by atoms with Crippen LogP contribution in [0.1, 0.15) is 46.1 Å². The Morgan fingerprint density at radius 2 is 1.58 bits per heavy atom. The first-order valence-corrected chi connectivity index (χ1v) is 12.6. The van der Waals surface area contributed by atoms with E-state index in [0.29, 0.717) is 12.0 Å².